The second-order valence-electron chi connectivity index (χ2n) is 4.13. The van der Waals surface area contributed by atoms with Gasteiger partial charge in [0.25, 0.3) is 0 Å². The molecule has 0 saturated carbocycles. The summed E-state index contributed by atoms with van der Waals surface area (Å²) in [6.45, 7) is 2.05. The fourth-order valence-corrected chi connectivity index (χ4v) is 1.78. The number of pyridine rings is 1. The fraction of sp³-hybridized carbons (Fsp3) is 0.417. The van der Waals surface area contributed by atoms with Crippen LogP contribution in [0.5, 0.6) is 0 Å². The molecule has 80 valence electrons. The number of aryl methyl sites for hydroxylation is 1. The lowest BCUT2D eigenvalue weighted by atomic mass is 10.1. The Morgan fingerprint density at radius 1 is 1.53 bits per heavy atom. The van der Waals surface area contributed by atoms with Crippen LogP contribution in [0.3, 0.4) is 0 Å². The lowest BCUT2D eigenvalue weighted by Gasteiger charge is -2.02. The molecule has 0 aromatic carbocycles. The minimum absolute atomic E-state index is 0.302. The zero-order chi connectivity index (χ0) is 10.7. The molecule has 2 aromatic rings. The molecule has 1 atom stereocenters. The van der Waals surface area contributed by atoms with E-state index < -0.39 is 0 Å². The van der Waals surface area contributed by atoms with Gasteiger partial charge in [-0.15, -0.1) is 0 Å². The first-order valence-electron chi connectivity index (χ1n) is 5.43. The molecule has 3 heteroatoms. The smallest absolute Gasteiger partial charge is 0.0487 e. The molecule has 2 aromatic heterocycles. The summed E-state index contributed by atoms with van der Waals surface area (Å²) >= 11 is 0. The van der Waals surface area contributed by atoms with Crippen molar-refractivity contribution in [3.8, 4) is 0 Å². The van der Waals surface area contributed by atoms with Crippen LogP contribution in [0.2, 0.25) is 0 Å². The molecule has 0 radical (unpaired) electrons. The number of aromatic nitrogens is 2. The molecule has 0 fully saturated rings. The van der Waals surface area contributed by atoms with Gasteiger partial charge in [-0.3, -0.25) is 4.98 Å². The van der Waals surface area contributed by atoms with Gasteiger partial charge in [0.2, 0.25) is 0 Å². The molecule has 0 saturated heterocycles. The highest BCUT2D eigenvalue weighted by molar-refractivity contribution is 5.79. The molecular weight excluding hydrogens is 186 g/mol. The lowest BCUT2D eigenvalue weighted by Crippen LogP contribution is -2.14. The third-order valence-corrected chi connectivity index (χ3v) is 2.58. The summed E-state index contributed by atoms with van der Waals surface area (Å²) in [6, 6.07) is 4.48. The average Bonchev–Trinajstić information content (AvgIpc) is 2.59. The number of nitrogens with zero attached hydrogens (tertiary/aromatic N) is 1. The van der Waals surface area contributed by atoms with Gasteiger partial charge in [-0.25, -0.2) is 0 Å². The van der Waals surface area contributed by atoms with Gasteiger partial charge < -0.3 is 10.7 Å². The molecule has 2 rings (SSSR count). The van der Waals surface area contributed by atoms with E-state index in [1.54, 1.807) is 0 Å². The zero-order valence-corrected chi connectivity index (χ0v) is 9.03. The Bertz CT molecular complexity index is 398. The van der Waals surface area contributed by atoms with Crippen molar-refractivity contribution >= 4 is 10.9 Å². The number of H-pyrrole nitrogens is 1. The van der Waals surface area contributed by atoms with Crippen molar-refractivity contribution in [3.63, 3.8) is 0 Å². The Hall–Kier alpha value is -1.35. The Labute approximate surface area is 89.7 Å². The Morgan fingerprint density at radius 3 is 3.13 bits per heavy atom. The van der Waals surface area contributed by atoms with Gasteiger partial charge in [0, 0.05) is 35.0 Å². The van der Waals surface area contributed by atoms with E-state index in [4.69, 9.17) is 5.73 Å². The van der Waals surface area contributed by atoms with Crippen molar-refractivity contribution in [2.24, 2.45) is 5.73 Å². The van der Waals surface area contributed by atoms with Gasteiger partial charge in [-0.05, 0) is 38.3 Å². The summed E-state index contributed by atoms with van der Waals surface area (Å²) in [6.07, 6.45) is 6.98. The molecular formula is C12H17N3. The quantitative estimate of drug-likeness (QED) is 0.800. The first kappa shape index (κ1) is 10.2. The van der Waals surface area contributed by atoms with Crippen molar-refractivity contribution < 1.29 is 0 Å². The molecule has 0 spiro atoms. The highest BCUT2D eigenvalue weighted by Crippen LogP contribution is 2.15. The van der Waals surface area contributed by atoms with E-state index in [0.717, 1.165) is 19.3 Å². The number of nitrogens with one attached hydrogen (secondary N) is 1. The summed E-state index contributed by atoms with van der Waals surface area (Å²) in [5.74, 6) is 0. The minimum atomic E-state index is 0.302. The molecule has 15 heavy (non-hydrogen) atoms. The topological polar surface area (TPSA) is 54.7 Å². The summed E-state index contributed by atoms with van der Waals surface area (Å²) in [7, 11) is 0. The summed E-state index contributed by atoms with van der Waals surface area (Å²) < 4.78 is 0. The van der Waals surface area contributed by atoms with E-state index in [9.17, 15) is 0 Å². The van der Waals surface area contributed by atoms with Crippen LogP contribution in [0.15, 0.2) is 24.5 Å². The van der Waals surface area contributed by atoms with Crippen molar-refractivity contribution in [3.05, 3.63) is 30.2 Å². The molecule has 0 aliphatic rings. The van der Waals surface area contributed by atoms with Crippen LogP contribution in [0.4, 0.5) is 0 Å². The number of rotatable bonds is 4. The van der Waals surface area contributed by atoms with Gasteiger partial charge in [-0.1, -0.05) is 0 Å². The molecule has 0 amide bonds. The zero-order valence-electron chi connectivity index (χ0n) is 9.03. The average molecular weight is 203 g/mol. The van der Waals surface area contributed by atoms with Gasteiger partial charge in [0.15, 0.2) is 0 Å². The SMILES string of the molecule is CC(N)CCCc1cc2cnccc2[nH]1. The minimum Gasteiger partial charge on any atom is -0.358 e. The first-order valence-corrected chi connectivity index (χ1v) is 5.43. The molecule has 0 aliphatic carbocycles. The largest absolute Gasteiger partial charge is 0.358 e. The highest BCUT2D eigenvalue weighted by atomic mass is 14.7. The molecule has 0 aliphatic heterocycles. The third kappa shape index (κ3) is 2.57. The predicted molar refractivity (Wildman–Crippen MR) is 62.7 cm³/mol. The monoisotopic (exact) mass is 203 g/mol. The second kappa shape index (κ2) is 4.45. The van der Waals surface area contributed by atoms with Crippen LogP contribution in [0.25, 0.3) is 10.9 Å². The van der Waals surface area contributed by atoms with E-state index in [0.29, 0.717) is 6.04 Å². The Balaban J connectivity index is 2.03. The van der Waals surface area contributed by atoms with Crippen molar-refractivity contribution in [2.45, 2.75) is 32.2 Å². The van der Waals surface area contributed by atoms with Crippen molar-refractivity contribution in [2.75, 3.05) is 0 Å². The standard InChI is InChI=1S/C12H17N3/c1-9(13)3-2-4-11-7-10-8-14-6-5-12(10)15-11/h5-9,15H,2-4,13H2,1H3. The molecule has 3 N–H and O–H groups in total. The summed E-state index contributed by atoms with van der Waals surface area (Å²) in [4.78, 5) is 7.48. The number of hydrogen-bond donors (Lipinski definition) is 2. The number of hydrogen-bond acceptors (Lipinski definition) is 2. The van der Waals surface area contributed by atoms with Crippen LogP contribution in [-0.4, -0.2) is 16.0 Å². The maximum Gasteiger partial charge on any atom is 0.0487 e. The predicted octanol–water partition coefficient (Wildman–Crippen LogP) is 2.23. The van der Waals surface area contributed by atoms with Crippen LogP contribution < -0.4 is 5.73 Å². The van der Waals surface area contributed by atoms with Gasteiger partial charge in [0.1, 0.15) is 0 Å². The molecule has 2 heterocycles. The summed E-state index contributed by atoms with van der Waals surface area (Å²) in [5, 5.41) is 1.19. The third-order valence-electron chi connectivity index (χ3n) is 2.58. The van der Waals surface area contributed by atoms with Gasteiger partial charge in [0.05, 0.1) is 0 Å². The van der Waals surface area contributed by atoms with Gasteiger partial charge in [-0.2, -0.15) is 0 Å². The van der Waals surface area contributed by atoms with Crippen LogP contribution in [0.1, 0.15) is 25.5 Å². The van der Waals surface area contributed by atoms with E-state index in [1.807, 2.05) is 18.5 Å². The molecule has 0 bridgehead atoms. The summed E-state index contributed by atoms with van der Waals surface area (Å²) in [5.41, 5.74) is 8.16. The molecule has 3 nitrogen and oxygen atoms in total. The number of nitrogens with two attached hydrogens (primary N) is 1. The maximum atomic E-state index is 5.71. The van der Waals surface area contributed by atoms with Crippen molar-refractivity contribution in [1.82, 2.24) is 9.97 Å². The number of aromatic amines is 1. The number of fused-ring (bicyclic) bond motifs is 1. The first-order chi connectivity index (χ1) is 7.25. The van der Waals surface area contributed by atoms with E-state index in [1.165, 1.54) is 16.6 Å². The van der Waals surface area contributed by atoms with Gasteiger partial charge >= 0.3 is 0 Å². The van der Waals surface area contributed by atoms with Crippen LogP contribution in [0, 0.1) is 0 Å². The fourth-order valence-electron chi connectivity index (χ4n) is 1.78. The van der Waals surface area contributed by atoms with E-state index >= 15 is 0 Å². The van der Waals surface area contributed by atoms with Crippen LogP contribution in [-0.2, 0) is 6.42 Å². The second-order valence-corrected chi connectivity index (χ2v) is 4.13. The Kier molecular flexibility index (Phi) is 3.02. The van der Waals surface area contributed by atoms with Crippen molar-refractivity contribution in [1.29, 1.82) is 0 Å². The maximum absolute atomic E-state index is 5.71. The normalized spacial score (nSPS) is 13.2. The lowest BCUT2D eigenvalue weighted by molar-refractivity contribution is 0.621. The molecule has 1 unspecified atom stereocenters. The van der Waals surface area contributed by atoms with E-state index in [-0.39, 0.29) is 0 Å². The Morgan fingerprint density at radius 2 is 2.40 bits per heavy atom. The highest BCUT2D eigenvalue weighted by Gasteiger charge is 2.01. The van der Waals surface area contributed by atoms with Crippen LogP contribution >= 0.6 is 0 Å². The van der Waals surface area contributed by atoms with E-state index in [2.05, 4.69) is 23.0 Å².